The van der Waals surface area contributed by atoms with Gasteiger partial charge in [-0.05, 0) is 0 Å². The molecule has 0 fully saturated rings. The van der Waals surface area contributed by atoms with E-state index in [-0.39, 0.29) is 17.4 Å². The first-order chi connectivity index (χ1) is 2.00. The molecule has 0 saturated heterocycles. The Hall–Kier alpha value is 0.802. The van der Waals surface area contributed by atoms with E-state index in [1.165, 1.54) is 15.9 Å². The molecule has 0 spiro atoms. The summed E-state index contributed by atoms with van der Waals surface area (Å²) in [7, 11) is 0. The molecular formula is CH3AlBrF3. The van der Waals surface area contributed by atoms with E-state index in [0.29, 0.717) is 0 Å². The molecule has 0 aromatic rings. The average Bonchev–Trinajstić information content (AvgIpc) is 0.722. The van der Waals surface area contributed by atoms with Crippen molar-refractivity contribution in [3.63, 3.8) is 0 Å². The molecule has 0 aliphatic heterocycles. The molecule has 0 heterocycles. The normalized spacial score (nSPS) is 10.0. The quantitative estimate of drug-likeness (QED) is 0.379. The lowest BCUT2D eigenvalue weighted by molar-refractivity contribution is -0.0245. The topological polar surface area (TPSA) is 0 Å². The van der Waals surface area contributed by atoms with Crippen LogP contribution in [0.1, 0.15) is 0 Å². The first kappa shape index (κ1) is 9.93. The second kappa shape index (κ2) is 2.89. The van der Waals surface area contributed by atoms with Gasteiger partial charge >= 0.3 is 5.09 Å². The highest BCUT2D eigenvalue weighted by Crippen LogP contribution is 2.21. The summed E-state index contributed by atoms with van der Waals surface area (Å²) in [6, 6.07) is 0. The molecule has 6 heavy (non-hydrogen) atoms. The van der Waals surface area contributed by atoms with E-state index < -0.39 is 5.09 Å². The predicted molar refractivity (Wildman–Crippen MR) is 24.9 cm³/mol. The summed E-state index contributed by atoms with van der Waals surface area (Å²) in [5, 5.41) is -4.19. The third kappa shape index (κ3) is 108. The summed E-state index contributed by atoms with van der Waals surface area (Å²) in [6.45, 7) is 0. The molecule has 0 rings (SSSR count). The zero-order chi connectivity index (χ0) is 4.50. The zero-order valence-electron chi connectivity index (χ0n) is 2.01. The van der Waals surface area contributed by atoms with Crippen molar-refractivity contribution in [2.75, 3.05) is 0 Å². The third-order valence-electron chi connectivity index (χ3n) is 0. The predicted octanol–water partition coefficient (Wildman–Crippen LogP) is 0.717. The molecule has 0 N–H and O–H groups in total. The summed E-state index contributed by atoms with van der Waals surface area (Å²) in [6.07, 6.45) is 0. The SMILES string of the molecule is FC(F)(F)Br.[AlH3]. The lowest BCUT2D eigenvalue weighted by Crippen LogP contribution is -1.88. The molecule has 0 aromatic carbocycles. The second-order valence-corrected chi connectivity index (χ2v) is 1.33. The molecule has 0 radical (unpaired) electrons. The van der Waals surface area contributed by atoms with Crippen LogP contribution in [-0.4, -0.2) is 22.4 Å². The Bertz CT molecular complexity index is 26.3. The summed E-state index contributed by atoms with van der Waals surface area (Å²) < 4.78 is 30.8. The van der Waals surface area contributed by atoms with Crippen LogP contribution in [0.3, 0.4) is 0 Å². The molecule has 0 aliphatic carbocycles. The number of hydrogen-bond donors (Lipinski definition) is 0. The minimum Gasteiger partial charge on any atom is -0.160 e. The van der Waals surface area contributed by atoms with Gasteiger partial charge in [-0.1, -0.05) is 0 Å². The van der Waals surface area contributed by atoms with Gasteiger partial charge in [0.25, 0.3) is 0 Å². The maximum atomic E-state index is 10.3. The Labute approximate surface area is 52.0 Å². The smallest absolute Gasteiger partial charge is 0.160 e. The minimum absolute atomic E-state index is 0. The van der Waals surface area contributed by atoms with Gasteiger partial charge < -0.3 is 0 Å². The van der Waals surface area contributed by atoms with Gasteiger partial charge in [-0.2, -0.15) is 13.2 Å². The van der Waals surface area contributed by atoms with Crippen molar-refractivity contribution < 1.29 is 13.2 Å². The number of hydrogen-bond acceptors (Lipinski definition) is 0. The first-order valence-electron chi connectivity index (χ1n) is 0.756. The minimum atomic E-state index is -4.19. The summed E-state index contributed by atoms with van der Waals surface area (Å²) in [5.41, 5.74) is 0. The van der Waals surface area contributed by atoms with Gasteiger partial charge in [-0.25, -0.2) is 0 Å². The van der Waals surface area contributed by atoms with Gasteiger partial charge in [0.15, 0.2) is 17.4 Å². The first-order valence-corrected chi connectivity index (χ1v) is 1.55. The summed E-state index contributed by atoms with van der Waals surface area (Å²) >= 11 is 1.38. The van der Waals surface area contributed by atoms with Crippen LogP contribution in [0.15, 0.2) is 0 Å². The van der Waals surface area contributed by atoms with Gasteiger partial charge in [0, 0.05) is 15.9 Å². The second-order valence-electron chi connectivity index (χ2n) is 0.429. The number of alkyl halides is 4. The maximum absolute atomic E-state index is 10.3. The van der Waals surface area contributed by atoms with E-state index in [2.05, 4.69) is 0 Å². The average molecular weight is 179 g/mol. The molecule has 0 amide bonds. The Morgan fingerprint density at radius 2 is 1.17 bits per heavy atom. The Morgan fingerprint density at radius 1 is 1.17 bits per heavy atom. The third-order valence-corrected chi connectivity index (χ3v) is 0. The number of halogens is 4. The Kier molecular flexibility index (Phi) is 4.79. The van der Waals surface area contributed by atoms with Gasteiger partial charge in [-0.15, -0.1) is 0 Å². The van der Waals surface area contributed by atoms with Crippen molar-refractivity contribution in [3.8, 4) is 0 Å². The molecule has 0 atom stereocenters. The van der Waals surface area contributed by atoms with Crippen LogP contribution < -0.4 is 0 Å². The van der Waals surface area contributed by atoms with Crippen LogP contribution in [-0.2, 0) is 0 Å². The van der Waals surface area contributed by atoms with E-state index >= 15 is 0 Å². The Morgan fingerprint density at radius 3 is 1.17 bits per heavy atom. The molecule has 38 valence electrons. The molecule has 0 nitrogen and oxygen atoms in total. The van der Waals surface area contributed by atoms with Crippen molar-refractivity contribution in [1.82, 2.24) is 0 Å². The van der Waals surface area contributed by atoms with Crippen molar-refractivity contribution in [1.29, 1.82) is 0 Å². The van der Waals surface area contributed by atoms with E-state index in [4.69, 9.17) is 0 Å². The lowest BCUT2D eigenvalue weighted by atomic mass is 11.6. The molecule has 0 aliphatic rings. The maximum Gasteiger partial charge on any atom is 0.448 e. The van der Waals surface area contributed by atoms with E-state index in [1.807, 2.05) is 0 Å². The van der Waals surface area contributed by atoms with Gasteiger partial charge in [-0.3, -0.25) is 0 Å². The van der Waals surface area contributed by atoms with Crippen LogP contribution >= 0.6 is 15.9 Å². The molecule has 0 saturated carbocycles. The fourth-order valence-corrected chi connectivity index (χ4v) is 0. The van der Waals surface area contributed by atoms with Crippen molar-refractivity contribution in [2.24, 2.45) is 0 Å². The molecular weight excluding hydrogens is 176 g/mol. The molecule has 0 aromatic heterocycles. The monoisotopic (exact) mass is 178 g/mol. The van der Waals surface area contributed by atoms with Crippen molar-refractivity contribution in [3.05, 3.63) is 0 Å². The Balaban J connectivity index is 0. The standard InChI is InChI=1S/CBrF3.Al.3H/c2-1(3,4)5;;;;. The summed E-state index contributed by atoms with van der Waals surface area (Å²) in [4.78, 5) is 0. The van der Waals surface area contributed by atoms with Crippen LogP contribution in [0, 0.1) is 0 Å². The van der Waals surface area contributed by atoms with E-state index in [1.54, 1.807) is 0 Å². The summed E-state index contributed by atoms with van der Waals surface area (Å²) in [5.74, 6) is 0. The van der Waals surface area contributed by atoms with Crippen LogP contribution in [0.2, 0.25) is 0 Å². The van der Waals surface area contributed by atoms with Gasteiger partial charge in [0.05, 0.1) is 0 Å². The van der Waals surface area contributed by atoms with E-state index in [9.17, 15) is 13.2 Å². The van der Waals surface area contributed by atoms with Crippen LogP contribution in [0.25, 0.3) is 0 Å². The molecule has 5 heteroatoms. The van der Waals surface area contributed by atoms with Crippen molar-refractivity contribution in [2.45, 2.75) is 5.09 Å². The van der Waals surface area contributed by atoms with E-state index in [0.717, 1.165) is 0 Å². The molecule has 0 bridgehead atoms. The fraction of sp³-hybridized carbons (Fsp3) is 1.00. The van der Waals surface area contributed by atoms with Crippen LogP contribution in [0.5, 0.6) is 0 Å². The molecule has 0 unspecified atom stereocenters. The van der Waals surface area contributed by atoms with Gasteiger partial charge in [0.1, 0.15) is 0 Å². The highest BCUT2D eigenvalue weighted by atomic mass is 79.9. The van der Waals surface area contributed by atoms with Gasteiger partial charge in [0.2, 0.25) is 0 Å². The van der Waals surface area contributed by atoms with Crippen LogP contribution in [0.4, 0.5) is 13.2 Å². The zero-order valence-corrected chi connectivity index (χ0v) is 3.60. The highest BCUT2D eigenvalue weighted by molar-refractivity contribution is 9.09. The van der Waals surface area contributed by atoms with Crippen molar-refractivity contribution >= 4 is 33.3 Å². The highest BCUT2D eigenvalue weighted by Gasteiger charge is 2.19. The largest absolute Gasteiger partial charge is 0.448 e. The number of rotatable bonds is 0. The lowest BCUT2D eigenvalue weighted by Gasteiger charge is -1.85. The fourth-order valence-electron chi connectivity index (χ4n) is 0.